The van der Waals surface area contributed by atoms with Gasteiger partial charge in [-0.1, -0.05) is 42.8 Å². The Morgan fingerprint density at radius 1 is 1.09 bits per heavy atom. The number of hydrogen-bond acceptors (Lipinski definition) is 3. The largest absolute Gasteiger partial charge is 0.452 e. The summed E-state index contributed by atoms with van der Waals surface area (Å²) >= 11 is 5.93. The molecule has 114 valence electrons. The van der Waals surface area contributed by atoms with Gasteiger partial charge in [0.2, 0.25) is 0 Å². The first-order chi connectivity index (χ1) is 10.6. The average Bonchev–Trinajstić information content (AvgIpc) is 2.55. The highest BCUT2D eigenvalue weighted by Crippen LogP contribution is 2.20. The predicted octanol–water partition coefficient (Wildman–Crippen LogP) is 3.70. The number of halogens is 1. The molecule has 0 spiro atoms. The van der Waals surface area contributed by atoms with Gasteiger partial charge in [0.25, 0.3) is 5.91 Å². The summed E-state index contributed by atoms with van der Waals surface area (Å²) in [6.07, 6.45) is 0.898. The average molecular weight is 318 g/mol. The van der Waals surface area contributed by atoms with E-state index in [9.17, 15) is 9.59 Å². The number of nitrogens with one attached hydrogen (secondary N) is 1. The van der Waals surface area contributed by atoms with Crippen LogP contribution < -0.4 is 5.32 Å². The van der Waals surface area contributed by atoms with Crippen LogP contribution in [0.4, 0.5) is 5.69 Å². The molecule has 0 heterocycles. The van der Waals surface area contributed by atoms with Crippen LogP contribution in [0.1, 0.15) is 22.8 Å². The van der Waals surface area contributed by atoms with Crippen LogP contribution in [0.2, 0.25) is 5.02 Å². The Balaban J connectivity index is 1.87. The van der Waals surface area contributed by atoms with Crippen molar-refractivity contribution in [2.24, 2.45) is 0 Å². The van der Waals surface area contributed by atoms with E-state index in [4.69, 9.17) is 16.3 Å². The minimum absolute atomic E-state index is 0.362. The minimum atomic E-state index is -0.531. The van der Waals surface area contributed by atoms with E-state index in [1.165, 1.54) is 0 Å². The number of hydrogen-bond donors (Lipinski definition) is 1. The molecule has 0 aliphatic heterocycles. The molecule has 0 fully saturated rings. The number of amides is 1. The molecule has 2 aromatic rings. The van der Waals surface area contributed by atoms with Crippen molar-refractivity contribution in [2.45, 2.75) is 13.3 Å². The van der Waals surface area contributed by atoms with Gasteiger partial charge in [0.05, 0.1) is 16.3 Å². The van der Waals surface area contributed by atoms with Crippen LogP contribution >= 0.6 is 11.6 Å². The van der Waals surface area contributed by atoms with Crippen molar-refractivity contribution in [2.75, 3.05) is 11.9 Å². The van der Waals surface area contributed by atoms with E-state index in [1.54, 1.807) is 36.4 Å². The molecule has 1 N–H and O–H groups in total. The summed E-state index contributed by atoms with van der Waals surface area (Å²) in [7, 11) is 0. The number of aryl methyl sites for hydroxylation is 1. The van der Waals surface area contributed by atoms with E-state index in [0.29, 0.717) is 16.3 Å². The number of anilines is 1. The second kappa shape index (κ2) is 7.61. The zero-order valence-electron chi connectivity index (χ0n) is 12.1. The monoisotopic (exact) mass is 317 g/mol. The highest BCUT2D eigenvalue weighted by Gasteiger charge is 2.11. The number of carbonyl (C=O) groups is 2. The van der Waals surface area contributed by atoms with E-state index >= 15 is 0 Å². The Morgan fingerprint density at radius 2 is 1.77 bits per heavy atom. The van der Waals surface area contributed by atoms with Crippen LogP contribution in [0.15, 0.2) is 48.5 Å². The standard InChI is InChI=1S/C17H16ClNO3/c1-2-12-7-9-13(10-8-12)17(21)22-11-16(20)19-15-6-4-3-5-14(15)18/h3-10H,2,11H2,1H3,(H,19,20). The molecule has 0 aliphatic carbocycles. The van der Waals surface area contributed by atoms with Crippen molar-refractivity contribution < 1.29 is 14.3 Å². The van der Waals surface area contributed by atoms with Crippen molar-refractivity contribution >= 4 is 29.2 Å². The van der Waals surface area contributed by atoms with Gasteiger partial charge in [0.15, 0.2) is 6.61 Å². The van der Waals surface area contributed by atoms with Crippen LogP contribution in [0.25, 0.3) is 0 Å². The van der Waals surface area contributed by atoms with Gasteiger partial charge in [-0.2, -0.15) is 0 Å². The first kappa shape index (κ1) is 16.0. The van der Waals surface area contributed by atoms with E-state index < -0.39 is 11.9 Å². The maximum atomic E-state index is 11.8. The quantitative estimate of drug-likeness (QED) is 0.855. The van der Waals surface area contributed by atoms with E-state index in [2.05, 4.69) is 5.32 Å². The summed E-state index contributed by atoms with van der Waals surface area (Å²) in [6.45, 7) is 1.67. The lowest BCUT2D eigenvalue weighted by molar-refractivity contribution is -0.119. The molecular formula is C17H16ClNO3. The molecule has 0 aliphatic rings. The lowest BCUT2D eigenvalue weighted by atomic mass is 10.1. The molecule has 22 heavy (non-hydrogen) atoms. The zero-order chi connectivity index (χ0) is 15.9. The van der Waals surface area contributed by atoms with Gasteiger partial charge in [0.1, 0.15) is 0 Å². The Kier molecular flexibility index (Phi) is 5.55. The normalized spacial score (nSPS) is 10.1. The third-order valence-corrected chi connectivity index (χ3v) is 3.41. The lowest BCUT2D eigenvalue weighted by Gasteiger charge is -2.08. The van der Waals surface area contributed by atoms with Crippen molar-refractivity contribution in [3.05, 3.63) is 64.7 Å². The molecular weight excluding hydrogens is 302 g/mol. The van der Waals surface area contributed by atoms with E-state index in [1.807, 2.05) is 19.1 Å². The van der Waals surface area contributed by atoms with Gasteiger partial charge in [-0.25, -0.2) is 4.79 Å². The molecule has 0 saturated carbocycles. The molecule has 1 amide bonds. The molecule has 0 saturated heterocycles. The number of rotatable bonds is 5. The fourth-order valence-electron chi connectivity index (χ4n) is 1.84. The van der Waals surface area contributed by atoms with Crippen molar-refractivity contribution in [1.82, 2.24) is 0 Å². The Labute approximate surface area is 134 Å². The summed E-state index contributed by atoms with van der Waals surface area (Å²) in [5.41, 5.74) is 2.04. The molecule has 0 unspecified atom stereocenters. The maximum absolute atomic E-state index is 11.8. The number of ether oxygens (including phenoxy) is 1. The molecule has 0 bridgehead atoms. The SMILES string of the molecule is CCc1ccc(C(=O)OCC(=O)Nc2ccccc2Cl)cc1. The van der Waals surface area contributed by atoms with Gasteiger partial charge in [0, 0.05) is 0 Å². The Hall–Kier alpha value is -2.33. The molecule has 2 aromatic carbocycles. The summed E-state index contributed by atoms with van der Waals surface area (Å²) < 4.78 is 4.98. The number of benzene rings is 2. The molecule has 0 aromatic heterocycles. The molecule has 5 heteroatoms. The number of carbonyl (C=O) groups excluding carboxylic acids is 2. The second-order valence-corrected chi connectivity index (χ2v) is 5.06. The van der Waals surface area contributed by atoms with Crippen LogP contribution in [0.5, 0.6) is 0 Å². The Bertz CT molecular complexity index is 668. The highest BCUT2D eigenvalue weighted by molar-refractivity contribution is 6.33. The molecule has 2 rings (SSSR count). The van der Waals surface area contributed by atoms with Crippen molar-refractivity contribution in [3.8, 4) is 0 Å². The fourth-order valence-corrected chi connectivity index (χ4v) is 2.02. The van der Waals surface area contributed by atoms with E-state index in [-0.39, 0.29) is 6.61 Å². The third kappa shape index (κ3) is 4.33. The smallest absolute Gasteiger partial charge is 0.338 e. The van der Waals surface area contributed by atoms with Gasteiger partial charge in [-0.3, -0.25) is 4.79 Å². The first-order valence-corrected chi connectivity index (χ1v) is 7.28. The highest BCUT2D eigenvalue weighted by atomic mass is 35.5. The van der Waals surface area contributed by atoms with Crippen LogP contribution in [0.3, 0.4) is 0 Å². The van der Waals surface area contributed by atoms with Crippen LogP contribution in [-0.2, 0) is 16.0 Å². The number of para-hydroxylation sites is 1. The molecule has 4 nitrogen and oxygen atoms in total. The second-order valence-electron chi connectivity index (χ2n) is 4.65. The zero-order valence-corrected chi connectivity index (χ0v) is 12.9. The summed E-state index contributed by atoms with van der Waals surface area (Å²) in [5, 5.41) is 3.02. The topological polar surface area (TPSA) is 55.4 Å². The maximum Gasteiger partial charge on any atom is 0.338 e. The van der Waals surface area contributed by atoms with Crippen LogP contribution in [0, 0.1) is 0 Å². The fraction of sp³-hybridized carbons (Fsp3) is 0.176. The first-order valence-electron chi connectivity index (χ1n) is 6.90. The van der Waals surface area contributed by atoms with Gasteiger partial charge in [-0.15, -0.1) is 0 Å². The predicted molar refractivity (Wildman–Crippen MR) is 86.2 cm³/mol. The van der Waals surface area contributed by atoms with Gasteiger partial charge < -0.3 is 10.1 Å². The summed E-state index contributed by atoms with van der Waals surface area (Å²) in [5.74, 6) is -0.969. The lowest BCUT2D eigenvalue weighted by Crippen LogP contribution is -2.21. The minimum Gasteiger partial charge on any atom is -0.452 e. The summed E-state index contributed by atoms with van der Waals surface area (Å²) in [6, 6.07) is 14.0. The van der Waals surface area contributed by atoms with Crippen molar-refractivity contribution in [3.63, 3.8) is 0 Å². The molecule has 0 atom stereocenters. The third-order valence-electron chi connectivity index (χ3n) is 3.08. The Morgan fingerprint density at radius 3 is 2.41 bits per heavy atom. The summed E-state index contributed by atoms with van der Waals surface area (Å²) in [4.78, 5) is 23.6. The van der Waals surface area contributed by atoms with Gasteiger partial charge in [-0.05, 0) is 36.2 Å². The number of esters is 1. The molecule has 0 radical (unpaired) electrons. The van der Waals surface area contributed by atoms with Crippen LogP contribution in [-0.4, -0.2) is 18.5 Å². The van der Waals surface area contributed by atoms with E-state index in [0.717, 1.165) is 12.0 Å². The van der Waals surface area contributed by atoms with Crippen molar-refractivity contribution in [1.29, 1.82) is 0 Å². The van der Waals surface area contributed by atoms with Gasteiger partial charge >= 0.3 is 5.97 Å².